The zero-order valence-electron chi connectivity index (χ0n) is 12.0. The van der Waals surface area contributed by atoms with E-state index in [1.165, 1.54) is 24.3 Å². The molecule has 0 fully saturated rings. The Balaban J connectivity index is 2.26. The normalized spacial score (nSPS) is 11.6. The van der Waals surface area contributed by atoms with Gasteiger partial charge in [-0.15, -0.1) is 0 Å². The average molecular weight is 330 g/mol. The van der Waals surface area contributed by atoms with E-state index >= 15 is 0 Å². The molecule has 0 amide bonds. The molecular weight excluding hydrogens is 319 g/mol. The number of hydrogen-bond donors (Lipinski definition) is 1. The van der Waals surface area contributed by atoms with Crippen LogP contribution in [-0.2, 0) is 17.1 Å². The molecule has 0 unspecified atom stereocenters. The van der Waals surface area contributed by atoms with Crippen LogP contribution in [0, 0.1) is 17.1 Å². The maximum absolute atomic E-state index is 13.6. The second-order valence-corrected chi connectivity index (χ2v) is 6.59. The quantitative estimate of drug-likeness (QED) is 0.775. The Morgan fingerprint density at radius 3 is 2.65 bits per heavy atom. The first-order valence-corrected chi connectivity index (χ1v) is 8.04. The molecule has 0 aliphatic heterocycles. The molecule has 3 aromatic rings. The van der Waals surface area contributed by atoms with Gasteiger partial charge in [0.25, 0.3) is 0 Å². The lowest BCUT2D eigenvalue weighted by Gasteiger charge is -2.03. The Hall–Kier alpha value is -2.76. The van der Waals surface area contributed by atoms with Gasteiger partial charge in [-0.2, -0.15) is 5.26 Å². The number of aryl methyl sites for hydroxylation is 1. The summed E-state index contributed by atoms with van der Waals surface area (Å²) in [7, 11) is -2.11. The van der Waals surface area contributed by atoms with Crippen LogP contribution < -0.4 is 5.14 Å². The summed E-state index contributed by atoms with van der Waals surface area (Å²) in [6.45, 7) is 0. The van der Waals surface area contributed by atoms with E-state index in [9.17, 15) is 12.8 Å². The van der Waals surface area contributed by atoms with Crippen molar-refractivity contribution in [3.05, 3.63) is 47.8 Å². The van der Waals surface area contributed by atoms with Gasteiger partial charge in [0.2, 0.25) is 10.0 Å². The molecule has 0 saturated heterocycles. The summed E-state index contributed by atoms with van der Waals surface area (Å²) in [5.41, 5.74) is 1.68. The maximum atomic E-state index is 13.6. The Morgan fingerprint density at radius 1 is 1.26 bits per heavy atom. The summed E-state index contributed by atoms with van der Waals surface area (Å²) >= 11 is 0. The zero-order chi connectivity index (χ0) is 16.8. The zero-order valence-corrected chi connectivity index (χ0v) is 12.8. The molecule has 8 heteroatoms. The number of nitriles is 1. The first-order valence-electron chi connectivity index (χ1n) is 6.50. The topological polar surface area (TPSA) is 102 Å². The third-order valence-electron chi connectivity index (χ3n) is 3.47. The maximum Gasteiger partial charge on any atom is 0.238 e. The molecule has 0 saturated carbocycles. The Bertz CT molecular complexity index is 1080. The third-order valence-corrected chi connectivity index (χ3v) is 4.38. The average Bonchev–Trinajstić information content (AvgIpc) is 2.82. The second kappa shape index (κ2) is 5.15. The van der Waals surface area contributed by atoms with Crippen molar-refractivity contribution in [2.45, 2.75) is 4.90 Å². The Kier molecular flexibility index (Phi) is 3.39. The van der Waals surface area contributed by atoms with Crippen molar-refractivity contribution in [3.8, 4) is 17.5 Å². The number of benzene rings is 2. The lowest BCUT2D eigenvalue weighted by atomic mass is 10.1. The number of nitrogens with two attached hydrogens (primary N) is 1. The lowest BCUT2D eigenvalue weighted by molar-refractivity contribution is 0.598. The van der Waals surface area contributed by atoms with Crippen molar-refractivity contribution in [1.29, 1.82) is 5.26 Å². The fourth-order valence-electron chi connectivity index (χ4n) is 2.40. The number of sulfonamides is 1. The minimum Gasteiger partial charge on any atom is -0.327 e. The molecule has 3 rings (SSSR count). The first kappa shape index (κ1) is 15.1. The second-order valence-electron chi connectivity index (χ2n) is 5.03. The van der Waals surface area contributed by atoms with Crippen molar-refractivity contribution in [2.75, 3.05) is 0 Å². The van der Waals surface area contributed by atoms with Gasteiger partial charge < -0.3 is 4.57 Å². The highest BCUT2D eigenvalue weighted by Crippen LogP contribution is 2.26. The number of imidazole rings is 1. The summed E-state index contributed by atoms with van der Waals surface area (Å²) in [4.78, 5) is 4.29. The van der Waals surface area contributed by atoms with Crippen molar-refractivity contribution < 1.29 is 12.8 Å². The summed E-state index contributed by atoms with van der Waals surface area (Å²) in [5, 5.41) is 14.1. The van der Waals surface area contributed by atoms with Gasteiger partial charge in [-0.3, -0.25) is 0 Å². The van der Waals surface area contributed by atoms with Crippen LogP contribution in [0.25, 0.3) is 22.4 Å². The van der Waals surface area contributed by atoms with Crippen molar-refractivity contribution in [2.24, 2.45) is 12.2 Å². The van der Waals surface area contributed by atoms with Gasteiger partial charge >= 0.3 is 0 Å². The molecule has 0 aliphatic carbocycles. The number of fused-ring (bicyclic) bond motifs is 1. The highest BCUT2D eigenvalue weighted by Gasteiger charge is 2.15. The number of rotatable bonds is 2. The van der Waals surface area contributed by atoms with E-state index in [4.69, 9.17) is 10.4 Å². The van der Waals surface area contributed by atoms with Crippen molar-refractivity contribution in [3.63, 3.8) is 0 Å². The monoisotopic (exact) mass is 330 g/mol. The third kappa shape index (κ3) is 2.67. The molecular formula is C15H11FN4O2S. The molecule has 2 aromatic carbocycles. The highest BCUT2D eigenvalue weighted by atomic mass is 32.2. The van der Waals surface area contributed by atoms with Crippen LogP contribution in [-0.4, -0.2) is 18.0 Å². The number of hydrogen-bond acceptors (Lipinski definition) is 4. The summed E-state index contributed by atoms with van der Waals surface area (Å²) < 4.78 is 38.2. The SMILES string of the molecule is Cn1c(-c2cc(F)cc(C#N)c2)nc2cc(S(N)(=O)=O)ccc21. The van der Waals surface area contributed by atoms with Crippen LogP contribution in [0.5, 0.6) is 0 Å². The molecule has 2 N–H and O–H groups in total. The van der Waals surface area contributed by atoms with Crippen LogP contribution >= 0.6 is 0 Å². The predicted octanol–water partition coefficient (Wildman–Crippen LogP) is 1.90. The molecule has 23 heavy (non-hydrogen) atoms. The van der Waals surface area contributed by atoms with Gasteiger partial charge in [0.05, 0.1) is 27.6 Å². The summed E-state index contributed by atoms with van der Waals surface area (Å²) in [6, 6.07) is 10.1. The van der Waals surface area contributed by atoms with Gasteiger partial charge in [0.15, 0.2) is 0 Å². The molecule has 116 valence electrons. The summed E-state index contributed by atoms with van der Waals surface area (Å²) in [5.74, 6) is -0.126. The first-order chi connectivity index (χ1) is 10.8. The van der Waals surface area contributed by atoms with Gasteiger partial charge in [-0.1, -0.05) is 0 Å². The molecule has 1 heterocycles. The van der Waals surface area contributed by atoms with Crippen LogP contribution in [0.4, 0.5) is 4.39 Å². The van der Waals surface area contributed by atoms with Crippen LogP contribution in [0.15, 0.2) is 41.3 Å². The van der Waals surface area contributed by atoms with Gasteiger partial charge in [-0.25, -0.2) is 22.9 Å². The molecule has 0 bridgehead atoms. The predicted molar refractivity (Wildman–Crippen MR) is 82.2 cm³/mol. The van der Waals surface area contributed by atoms with E-state index in [1.807, 2.05) is 6.07 Å². The van der Waals surface area contributed by atoms with Gasteiger partial charge in [-0.05, 0) is 36.4 Å². The Morgan fingerprint density at radius 2 is 2.00 bits per heavy atom. The fourth-order valence-corrected chi connectivity index (χ4v) is 2.93. The lowest BCUT2D eigenvalue weighted by Crippen LogP contribution is -2.11. The molecule has 0 radical (unpaired) electrons. The molecule has 0 aliphatic rings. The van der Waals surface area contributed by atoms with Gasteiger partial charge in [0.1, 0.15) is 11.6 Å². The highest BCUT2D eigenvalue weighted by molar-refractivity contribution is 7.89. The van der Waals surface area contributed by atoms with E-state index in [0.717, 1.165) is 6.07 Å². The number of primary sulfonamides is 1. The number of aromatic nitrogens is 2. The van der Waals surface area contributed by atoms with Crippen LogP contribution in [0.2, 0.25) is 0 Å². The number of nitrogens with zero attached hydrogens (tertiary/aromatic N) is 3. The van der Waals surface area contributed by atoms with E-state index in [2.05, 4.69) is 4.98 Å². The fraction of sp³-hybridized carbons (Fsp3) is 0.0667. The summed E-state index contributed by atoms with van der Waals surface area (Å²) in [6.07, 6.45) is 0. The molecule has 1 aromatic heterocycles. The Labute approximate surface area is 131 Å². The minimum absolute atomic E-state index is 0.0494. The van der Waals surface area contributed by atoms with Gasteiger partial charge in [0, 0.05) is 12.6 Å². The smallest absolute Gasteiger partial charge is 0.238 e. The number of halogens is 1. The van der Waals surface area contributed by atoms with Crippen LogP contribution in [0.3, 0.4) is 0 Å². The van der Waals surface area contributed by atoms with E-state index < -0.39 is 15.8 Å². The molecule has 0 atom stereocenters. The van der Waals surface area contributed by atoms with E-state index in [-0.39, 0.29) is 10.5 Å². The molecule has 0 spiro atoms. The van der Waals surface area contributed by atoms with E-state index in [0.29, 0.717) is 22.4 Å². The standard InChI is InChI=1S/C15H11FN4O2S/c1-20-14-3-2-12(23(18,21)22)7-13(14)19-15(20)10-4-9(8-17)5-11(16)6-10/h2-7H,1H3,(H2,18,21,22). The van der Waals surface area contributed by atoms with Crippen molar-refractivity contribution in [1.82, 2.24) is 9.55 Å². The molecule has 6 nitrogen and oxygen atoms in total. The van der Waals surface area contributed by atoms with Crippen molar-refractivity contribution >= 4 is 21.1 Å². The largest absolute Gasteiger partial charge is 0.327 e. The van der Waals surface area contributed by atoms with Crippen LogP contribution in [0.1, 0.15) is 5.56 Å². The van der Waals surface area contributed by atoms with E-state index in [1.54, 1.807) is 17.7 Å². The minimum atomic E-state index is -3.83.